The van der Waals surface area contributed by atoms with E-state index < -0.39 is 18.3 Å². The number of likely N-dealkylation sites (tertiary alicyclic amines) is 2. The van der Waals surface area contributed by atoms with E-state index in [1.807, 2.05) is 0 Å². The molecule has 0 aromatic rings. The minimum atomic E-state index is -1.00. The summed E-state index contributed by atoms with van der Waals surface area (Å²) in [7, 11) is 0. The highest BCUT2D eigenvalue weighted by molar-refractivity contribution is 4.90. The van der Waals surface area contributed by atoms with Crippen LogP contribution in [0, 0.1) is 0 Å². The largest absolute Gasteiger partial charge is 0.389 e. The van der Waals surface area contributed by atoms with Crippen LogP contribution in [-0.4, -0.2) is 75.8 Å². The Morgan fingerprint density at radius 2 is 1.38 bits per heavy atom. The summed E-state index contributed by atoms with van der Waals surface area (Å²) in [4.78, 5) is 4.74. The summed E-state index contributed by atoms with van der Waals surface area (Å²) in [6.07, 6.45) is 10.2. The summed E-state index contributed by atoms with van der Waals surface area (Å²) in [5.74, 6) is 0. The van der Waals surface area contributed by atoms with Gasteiger partial charge in [0, 0.05) is 13.1 Å². The lowest BCUT2D eigenvalue weighted by Gasteiger charge is -2.46. The molecule has 3 unspecified atom stereocenters. The SMILES string of the molecule is CCCCCCCCC(N1CCCCC1)N1CC(O)C(O)C(O)C1. The molecule has 24 heavy (non-hydrogen) atoms. The zero-order valence-electron chi connectivity index (χ0n) is 15.4. The Kier molecular flexibility index (Phi) is 8.98. The van der Waals surface area contributed by atoms with Gasteiger partial charge in [0.05, 0.1) is 18.4 Å². The van der Waals surface area contributed by atoms with E-state index >= 15 is 0 Å². The smallest absolute Gasteiger partial charge is 0.108 e. The number of aliphatic hydroxyl groups excluding tert-OH is 3. The van der Waals surface area contributed by atoms with E-state index in [0.29, 0.717) is 19.3 Å². The Labute approximate surface area is 147 Å². The first kappa shape index (κ1) is 20.1. The molecule has 3 N–H and O–H groups in total. The van der Waals surface area contributed by atoms with E-state index in [1.54, 1.807) is 0 Å². The number of nitrogens with zero attached hydrogens (tertiary/aromatic N) is 2. The topological polar surface area (TPSA) is 67.2 Å². The van der Waals surface area contributed by atoms with E-state index in [0.717, 1.165) is 19.5 Å². The van der Waals surface area contributed by atoms with Gasteiger partial charge in [-0.1, -0.05) is 51.9 Å². The first-order valence-corrected chi connectivity index (χ1v) is 10.2. The fourth-order valence-electron chi connectivity index (χ4n) is 4.19. The summed E-state index contributed by atoms with van der Waals surface area (Å²) in [5, 5.41) is 29.9. The summed E-state index contributed by atoms with van der Waals surface area (Å²) < 4.78 is 0. The molecule has 0 saturated carbocycles. The molecule has 2 saturated heterocycles. The van der Waals surface area contributed by atoms with Gasteiger partial charge in [-0.3, -0.25) is 9.80 Å². The molecule has 0 amide bonds. The van der Waals surface area contributed by atoms with Crippen LogP contribution in [0.1, 0.15) is 71.1 Å². The fourth-order valence-corrected chi connectivity index (χ4v) is 4.19. The average molecular weight is 343 g/mol. The molecule has 3 atom stereocenters. The van der Waals surface area contributed by atoms with Crippen molar-refractivity contribution in [1.82, 2.24) is 9.80 Å². The van der Waals surface area contributed by atoms with Gasteiger partial charge in [0.25, 0.3) is 0 Å². The highest BCUT2D eigenvalue weighted by atomic mass is 16.4. The molecule has 0 aromatic heterocycles. The zero-order chi connectivity index (χ0) is 17.4. The van der Waals surface area contributed by atoms with Crippen molar-refractivity contribution in [2.45, 2.75) is 95.6 Å². The first-order chi connectivity index (χ1) is 11.6. The van der Waals surface area contributed by atoms with E-state index in [4.69, 9.17) is 0 Å². The number of piperidine rings is 2. The molecule has 142 valence electrons. The Morgan fingerprint density at radius 1 is 0.792 bits per heavy atom. The van der Waals surface area contributed by atoms with E-state index in [1.165, 1.54) is 57.8 Å². The molecular formula is C19H38N2O3. The lowest BCUT2D eigenvalue weighted by atomic mass is 9.99. The lowest BCUT2D eigenvalue weighted by Crippen LogP contribution is -2.61. The number of unbranched alkanes of at least 4 members (excludes halogenated alkanes) is 5. The normalized spacial score (nSPS) is 31.2. The lowest BCUT2D eigenvalue weighted by molar-refractivity contribution is -0.135. The minimum absolute atomic E-state index is 0.299. The van der Waals surface area contributed by atoms with E-state index in [2.05, 4.69) is 16.7 Å². The highest BCUT2D eigenvalue weighted by Gasteiger charge is 2.37. The first-order valence-electron chi connectivity index (χ1n) is 10.2. The standard InChI is InChI=1S/C19H38N2O3/c1-2-3-4-5-6-8-11-18(20-12-9-7-10-13-20)21-14-16(22)19(24)17(23)15-21/h16-19,22-24H,2-15H2,1H3. The Hall–Kier alpha value is -0.200. The molecule has 5 heteroatoms. The van der Waals surface area contributed by atoms with Crippen LogP contribution in [0.2, 0.25) is 0 Å². The summed E-state index contributed by atoms with van der Waals surface area (Å²) in [5.41, 5.74) is 0. The maximum atomic E-state index is 10.1. The van der Waals surface area contributed by atoms with Crippen molar-refractivity contribution in [1.29, 1.82) is 0 Å². The van der Waals surface area contributed by atoms with Crippen molar-refractivity contribution in [2.24, 2.45) is 0 Å². The van der Waals surface area contributed by atoms with Crippen molar-refractivity contribution < 1.29 is 15.3 Å². The van der Waals surface area contributed by atoms with Gasteiger partial charge in [0.15, 0.2) is 0 Å². The van der Waals surface area contributed by atoms with Gasteiger partial charge >= 0.3 is 0 Å². The molecule has 0 spiro atoms. The van der Waals surface area contributed by atoms with Crippen LogP contribution in [0.25, 0.3) is 0 Å². The third-order valence-electron chi connectivity index (χ3n) is 5.68. The molecule has 2 aliphatic rings. The quantitative estimate of drug-likeness (QED) is 0.559. The van der Waals surface area contributed by atoms with Gasteiger partial charge in [-0.2, -0.15) is 0 Å². The predicted octanol–water partition coefficient (Wildman–Crippen LogP) is 1.95. The number of hydrogen-bond donors (Lipinski definition) is 3. The van der Waals surface area contributed by atoms with E-state index in [9.17, 15) is 15.3 Å². The summed E-state index contributed by atoms with van der Waals surface area (Å²) >= 11 is 0. The summed E-state index contributed by atoms with van der Waals surface area (Å²) in [6.45, 7) is 5.41. The Morgan fingerprint density at radius 3 is 2.00 bits per heavy atom. The molecule has 0 bridgehead atoms. The van der Waals surface area contributed by atoms with Crippen LogP contribution < -0.4 is 0 Å². The third kappa shape index (κ3) is 5.95. The molecule has 0 radical (unpaired) electrons. The van der Waals surface area contributed by atoms with Gasteiger partial charge in [-0.05, 0) is 32.4 Å². The van der Waals surface area contributed by atoms with Gasteiger partial charge < -0.3 is 15.3 Å². The van der Waals surface area contributed by atoms with Crippen LogP contribution >= 0.6 is 0 Å². The minimum Gasteiger partial charge on any atom is -0.389 e. The monoisotopic (exact) mass is 342 g/mol. The van der Waals surface area contributed by atoms with E-state index in [-0.39, 0.29) is 0 Å². The second kappa shape index (κ2) is 10.7. The molecule has 2 fully saturated rings. The summed E-state index contributed by atoms with van der Waals surface area (Å²) in [6, 6.07) is 0. The van der Waals surface area contributed by atoms with Crippen LogP contribution in [0.3, 0.4) is 0 Å². The zero-order valence-corrected chi connectivity index (χ0v) is 15.4. The Balaban J connectivity index is 1.87. The van der Waals surface area contributed by atoms with Crippen LogP contribution in [0.4, 0.5) is 0 Å². The number of hydrogen-bond acceptors (Lipinski definition) is 5. The maximum Gasteiger partial charge on any atom is 0.108 e. The second-order valence-electron chi connectivity index (χ2n) is 7.71. The van der Waals surface area contributed by atoms with Crippen molar-refractivity contribution in [3.8, 4) is 0 Å². The molecule has 2 aliphatic heterocycles. The third-order valence-corrected chi connectivity index (χ3v) is 5.68. The Bertz CT molecular complexity index is 325. The van der Waals surface area contributed by atoms with Crippen LogP contribution in [0.15, 0.2) is 0 Å². The van der Waals surface area contributed by atoms with Crippen molar-refractivity contribution in [2.75, 3.05) is 26.2 Å². The van der Waals surface area contributed by atoms with Gasteiger partial charge in [0.1, 0.15) is 6.10 Å². The van der Waals surface area contributed by atoms with Gasteiger partial charge in [-0.25, -0.2) is 0 Å². The van der Waals surface area contributed by atoms with Crippen LogP contribution in [-0.2, 0) is 0 Å². The van der Waals surface area contributed by atoms with Crippen LogP contribution in [0.5, 0.6) is 0 Å². The molecular weight excluding hydrogens is 304 g/mol. The number of β-amino-alcohol motifs (C(OH)–C–C–N with tert-alkyl or cyclic N) is 2. The predicted molar refractivity (Wildman–Crippen MR) is 96.8 cm³/mol. The second-order valence-corrected chi connectivity index (χ2v) is 7.71. The number of rotatable bonds is 9. The molecule has 2 heterocycles. The number of aliphatic hydroxyl groups is 3. The highest BCUT2D eigenvalue weighted by Crippen LogP contribution is 2.24. The molecule has 5 nitrogen and oxygen atoms in total. The molecule has 2 rings (SSSR count). The molecule has 0 aromatic carbocycles. The maximum absolute atomic E-state index is 10.1. The van der Waals surface area contributed by atoms with Gasteiger partial charge in [-0.15, -0.1) is 0 Å². The van der Waals surface area contributed by atoms with Crippen molar-refractivity contribution in [3.05, 3.63) is 0 Å². The fraction of sp³-hybridized carbons (Fsp3) is 1.00. The molecule has 0 aliphatic carbocycles. The van der Waals surface area contributed by atoms with Gasteiger partial charge in [0.2, 0.25) is 0 Å². The van der Waals surface area contributed by atoms with Crippen molar-refractivity contribution >= 4 is 0 Å². The van der Waals surface area contributed by atoms with Crippen molar-refractivity contribution in [3.63, 3.8) is 0 Å². The average Bonchev–Trinajstić information content (AvgIpc) is 2.59.